The van der Waals surface area contributed by atoms with Gasteiger partial charge in [0.05, 0.1) is 12.7 Å². The van der Waals surface area contributed by atoms with Gasteiger partial charge in [0.1, 0.15) is 5.75 Å². The first-order chi connectivity index (χ1) is 12.8. The van der Waals surface area contributed by atoms with Crippen LogP contribution in [0.5, 0.6) is 5.75 Å². The van der Waals surface area contributed by atoms with Crippen molar-refractivity contribution in [2.45, 2.75) is 38.4 Å². The minimum Gasteiger partial charge on any atom is -0.497 e. The number of nitrogens with zero attached hydrogens (tertiary/aromatic N) is 1. The maximum Gasteiger partial charge on any atom is 0.416 e. The molecule has 1 aliphatic carbocycles. The van der Waals surface area contributed by atoms with E-state index < -0.39 is 11.7 Å². The normalized spacial score (nSPS) is 16.6. The number of hydrogen-bond acceptors (Lipinski definition) is 3. The number of nitrogens with one attached hydrogen (secondary N) is 2. The van der Waals surface area contributed by atoms with Gasteiger partial charge in [0, 0.05) is 33.9 Å². The largest absolute Gasteiger partial charge is 0.497 e. The molecular formula is C19H28F3N3O2. The molecule has 0 atom stereocenters. The van der Waals surface area contributed by atoms with Gasteiger partial charge in [0.25, 0.3) is 0 Å². The van der Waals surface area contributed by atoms with E-state index in [0.717, 1.165) is 31.9 Å². The van der Waals surface area contributed by atoms with E-state index in [1.54, 1.807) is 14.2 Å². The van der Waals surface area contributed by atoms with Crippen LogP contribution in [0.15, 0.2) is 23.2 Å². The van der Waals surface area contributed by atoms with E-state index in [4.69, 9.17) is 9.47 Å². The summed E-state index contributed by atoms with van der Waals surface area (Å²) in [7, 11) is 4.64. The van der Waals surface area contributed by atoms with E-state index in [9.17, 15) is 13.2 Å². The summed E-state index contributed by atoms with van der Waals surface area (Å²) >= 11 is 0. The molecule has 1 aromatic carbocycles. The Morgan fingerprint density at radius 3 is 2.48 bits per heavy atom. The van der Waals surface area contributed by atoms with Crippen LogP contribution in [0.1, 0.15) is 36.8 Å². The van der Waals surface area contributed by atoms with Gasteiger partial charge >= 0.3 is 6.18 Å². The molecule has 0 heterocycles. The predicted molar refractivity (Wildman–Crippen MR) is 99.0 cm³/mol. The van der Waals surface area contributed by atoms with Crippen molar-refractivity contribution in [3.63, 3.8) is 0 Å². The average molecular weight is 387 g/mol. The summed E-state index contributed by atoms with van der Waals surface area (Å²) in [6, 6.07) is 3.96. The van der Waals surface area contributed by atoms with E-state index in [1.807, 2.05) is 0 Å². The van der Waals surface area contributed by atoms with Crippen LogP contribution >= 0.6 is 0 Å². The van der Waals surface area contributed by atoms with Crippen LogP contribution in [0, 0.1) is 5.41 Å². The monoisotopic (exact) mass is 387 g/mol. The van der Waals surface area contributed by atoms with Crippen molar-refractivity contribution in [3.8, 4) is 5.75 Å². The first-order valence-corrected chi connectivity index (χ1v) is 9.01. The maximum absolute atomic E-state index is 13.3. The second kappa shape index (κ2) is 9.30. The van der Waals surface area contributed by atoms with Gasteiger partial charge in [-0.05, 0) is 42.4 Å². The first kappa shape index (κ1) is 21.3. The molecule has 0 aromatic heterocycles. The van der Waals surface area contributed by atoms with Crippen molar-refractivity contribution in [1.29, 1.82) is 0 Å². The second-order valence-electron chi connectivity index (χ2n) is 6.90. The highest BCUT2D eigenvalue weighted by Gasteiger charge is 2.36. The number of ether oxygens (including phenoxy) is 2. The standard InChI is InChI=1S/C19H28F3N3O2/c1-23-17(25-13-18(7-4-8-18)9-10-26-2)24-12-14-5-6-15(27-3)11-16(14)19(20,21)22/h5-6,11H,4,7-10,12-13H2,1-3H3,(H2,23,24,25). The van der Waals surface area contributed by atoms with Crippen molar-refractivity contribution in [3.05, 3.63) is 29.3 Å². The third-order valence-corrected chi connectivity index (χ3v) is 5.17. The highest BCUT2D eigenvalue weighted by atomic mass is 19.4. The summed E-state index contributed by atoms with van der Waals surface area (Å²) in [5.74, 6) is 0.668. The lowest BCUT2D eigenvalue weighted by Crippen LogP contribution is -2.46. The summed E-state index contributed by atoms with van der Waals surface area (Å²) in [5, 5.41) is 6.23. The number of aliphatic imine (C=N–C) groups is 1. The average Bonchev–Trinajstić information content (AvgIpc) is 2.62. The Morgan fingerprint density at radius 2 is 1.96 bits per heavy atom. The number of hydrogen-bond donors (Lipinski definition) is 2. The van der Waals surface area contributed by atoms with Crippen LogP contribution in [0.25, 0.3) is 0 Å². The van der Waals surface area contributed by atoms with Crippen molar-refractivity contribution in [2.24, 2.45) is 10.4 Å². The van der Waals surface area contributed by atoms with Gasteiger partial charge in [0.2, 0.25) is 0 Å². The molecule has 152 valence electrons. The molecule has 8 heteroatoms. The minimum atomic E-state index is -4.45. The number of methoxy groups -OCH3 is 2. The van der Waals surface area contributed by atoms with Crippen LogP contribution in [0.3, 0.4) is 0 Å². The Hall–Kier alpha value is -1.96. The molecule has 1 aliphatic rings. The van der Waals surface area contributed by atoms with Gasteiger partial charge in [-0.15, -0.1) is 0 Å². The third-order valence-electron chi connectivity index (χ3n) is 5.17. The lowest BCUT2D eigenvalue weighted by Gasteiger charge is -2.42. The van der Waals surface area contributed by atoms with Crippen LogP contribution in [0.4, 0.5) is 13.2 Å². The topological polar surface area (TPSA) is 54.9 Å². The molecule has 0 bridgehead atoms. The van der Waals surface area contributed by atoms with Crippen LogP contribution in [-0.2, 0) is 17.5 Å². The summed E-state index contributed by atoms with van der Waals surface area (Å²) in [6.07, 6.45) is -0.0465. The molecule has 0 spiro atoms. The molecule has 0 radical (unpaired) electrons. The third kappa shape index (κ3) is 5.76. The van der Waals surface area contributed by atoms with Gasteiger partial charge in [-0.3, -0.25) is 4.99 Å². The predicted octanol–water partition coefficient (Wildman–Crippen LogP) is 3.59. The fraction of sp³-hybridized carbons (Fsp3) is 0.632. The van der Waals surface area contributed by atoms with E-state index >= 15 is 0 Å². The fourth-order valence-corrected chi connectivity index (χ4v) is 3.28. The number of alkyl halides is 3. The Bertz CT molecular complexity index is 644. The summed E-state index contributed by atoms with van der Waals surface area (Å²) in [6.45, 7) is 1.45. The molecule has 2 N–H and O–H groups in total. The number of guanidine groups is 1. The van der Waals surface area contributed by atoms with Crippen molar-refractivity contribution >= 4 is 5.96 Å². The highest BCUT2D eigenvalue weighted by molar-refractivity contribution is 5.79. The Balaban J connectivity index is 1.98. The zero-order chi connectivity index (χ0) is 19.9. The SMILES string of the molecule is CN=C(NCc1ccc(OC)cc1C(F)(F)F)NCC1(CCOC)CCC1. The van der Waals surface area contributed by atoms with Crippen LogP contribution < -0.4 is 15.4 Å². The van der Waals surface area contributed by atoms with E-state index in [1.165, 1.54) is 25.7 Å². The van der Waals surface area contributed by atoms with Gasteiger partial charge in [-0.25, -0.2) is 0 Å². The Morgan fingerprint density at radius 1 is 1.22 bits per heavy atom. The molecule has 2 rings (SSSR count). The molecule has 0 saturated heterocycles. The van der Waals surface area contributed by atoms with Crippen LogP contribution in [-0.4, -0.2) is 40.4 Å². The van der Waals surface area contributed by atoms with Crippen molar-refractivity contribution in [1.82, 2.24) is 10.6 Å². The zero-order valence-electron chi connectivity index (χ0n) is 16.1. The molecule has 1 aromatic rings. The number of rotatable bonds is 8. The fourth-order valence-electron chi connectivity index (χ4n) is 3.28. The summed E-state index contributed by atoms with van der Waals surface area (Å²) in [4.78, 5) is 4.13. The van der Waals surface area contributed by atoms with Crippen molar-refractivity contribution in [2.75, 3.05) is 34.4 Å². The van der Waals surface area contributed by atoms with Crippen molar-refractivity contribution < 1.29 is 22.6 Å². The minimum absolute atomic E-state index is 0.0174. The molecule has 1 saturated carbocycles. The second-order valence-corrected chi connectivity index (χ2v) is 6.90. The zero-order valence-corrected chi connectivity index (χ0v) is 16.1. The van der Waals surface area contributed by atoms with E-state index in [0.29, 0.717) is 12.6 Å². The number of benzene rings is 1. The van der Waals surface area contributed by atoms with Gasteiger partial charge in [0.15, 0.2) is 5.96 Å². The van der Waals surface area contributed by atoms with Gasteiger partial charge in [-0.1, -0.05) is 12.5 Å². The van der Waals surface area contributed by atoms with E-state index in [2.05, 4.69) is 15.6 Å². The molecule has 5 nitrogen and oxygen atoms in total. The first-order valence-electron chi connectivity index (χ1n) is 9.01. The maximum atomic E-state index is 13.3. The summed E-state index contributed by atoms with van der Waals surface area (Å²) < 4.78 is 50.0. The molecule has 1 fully saturated rings. The summed E-state index contributed by atoms with van der Waals surface area (Å²) in [5.41, 5.74) is -0.380. The molecular weight excluding hydrogens is 359 g/mol. The Kier molecular flexibility index (Phi) is 7.35. The van der Waals surface area contributed by atoms with Gasteiger partial charge in [-0.2, -0.15) is 13.2 Å². The molecule has 0 amide bonds. The number of halogens is 3. The lowest BCUT2D eigenvalue weighted by molar-refractivity contribution is -0.138. The van der Waals surface area contributed by atoms with Crippen LogP contribution in [0.2, 0.25) is 0 Å². The lowest BCUT2D eigenvalue weighted by atomic mass is 9.67. The van der Waals surface area contributed by atoms with E-state index in [-0.39, 0.29) is 23.3 Å². The highest BCUT2D eigenvalue weighted by Crippen LogP contribution is 2.43. The Labute approximate surface area is 158 Å². The molecule has 27 heavy (non-hydrogen) atoms. The quantitative estimate of drug-likeness (QED) is 0.529. The molecule has 0 unspecified atom stereocenters. The van der Waals surface area contributed by atoms with Gasteiger partial charge < -0.3 is 20.1 Å². The smallest absolute Gasteiger partial charge is 0.416 e. The molecule has 0 aliphatic heterocycles.